The zero-order valence-corrected chi connectivity index (χ0v) is 22.1. The number of carboxylic acids is 1. The number of thioether (sulfide) groups is 1. The SMILES string of the molecule is C[CH]Sc1ccc2c(c1)C(C)(C)c1cc(N3c4ccc(/C=C(\C#N)C(=O)O)cc4C4CCCC43)ccc1-2. The third kappa shape index (κ3) is 3.69. The fourth-order valence-corrected chi connectivity index (χ4v) is 7.28. The van der Waals surface area contributed by atoms with Gasteiger partial charge in [-0.25, -0.2) is 4.79 Å². The molecular weight excluding hydrogens is 476 g/mol. The zero-order valence-electron chi connectivity index (χ0n) is 21.3. The van der Waals surface area contributed by atoms with E-state index in [0.717, 1.165) is 18.4 Å². The van der Waals surface area contributed by atoms with Crippen molar-refractivity contribution in [3.63, 3.8) is 0 Å². The lowest BCUT2D eigenvalue weighted by Gasteiger charge is -2.29. The van der Waals surface area contributed by atoms with Crippen LogP contribution in [-0.2, 0) is 10.2 Å². The van der Waals surface area contributed by atoms with Gasteiger partial charge in [0.1, 0.15) is 11.6 Å². The molecule has 185 valence electrons. The summed E-state index contributed by atoms with van der Waals surface area (Å²) in [4.78, 5) is 15.1. The number of nitrogens with zero attached hydrogens (tertiary/aromatic N) is 2. The third-order valence-corrected chi connectivity index (χ3v) is 9.11. The molecule has 3 aromatic carbocycles. The van der Waals surface area contributed by atoms with Gasteiger partial charge < -0.3 is 10.0 Å². The second kappa shape index (κ2) is 8.82. The van der Waals surface area contributed by atoms with Gasteiger partial charge in [0.2, 0.25) is 0 Å². The van der Waals surface area contributed by atoms with E-state index in [1.807, 2.05) is 6.07 Å². The minimum Gasteiger partial charge on any atom is -0.477 e. The summed E-state index contributed by atoms with van der Waals surface area (Å²) in [6.07, 6.45) is 4.92. The molecule has 0 aromatic heterocycles. The normalized spacial score (nSPS) is 20.7. The van der Waals surface area contributed by atoms with Crippen molar-refractivity contribution in [3.8, 4) is 17.2 Å². The molecule has 2 aliphatic carbocycles. The molecule has 0 spiro atoms. The molecule has 6 rings (SSSR count). The molecule has 3 aliphatic rings. The Hall–Kier alpha value is -3.49. The first-order valence-corrected chi connectivity index (χ1v) is 13.7. The van der Waals surface area contributed by atoms with E-state index < -0.39 is 5.97 Å². The summed E-state index contributed by atoms with van der Waals surface area (Å²) in [5, 5.41) is 18.5. The summed E-state index contributed by atoms with van der Waals surface area (Å²) in [6.45, 7) is 6.73. The molecule has 3 aromatic rings. The number of hydrogen-bond donors (Lipinski definition) is 1. The molecular formula is C32H29N2O2S. The number of anilines is 2. The van der Waals surface area contributed by atoms with E-state index in [2.05, 4.69) is 80.0 Å². The summed E-state index contributed by atoms with van der Waals surface area (Å²) < 4.78 is 0. The van der Waals surface area contributed by atoms with E-state index in [4.69, 9.17) is 0 Å². The minimum atomic E-state index is -1.19. The Labute approximate surface area is 222 Å². The van der Waals surface area contributed by atoms with Crippen LogP contribution in [0.15, 0.2) is 65.1 Å². The van der Waals surface area contributed by atoms with Gasteiger partial charge in [-0.15, -0.1) is 11.8 Å². The molecule has 5 heteroatoms. The van der Waals surface area contributed by atoms with E-state index in [0.29, 0.717) is 12.0 Å². The monoisotopic (exact) mass is 505 g/mol. The maximum absolute atomic E-state index is 11.4. The molecule has 0 bridgehead atoms. The maximum atomic E-state index is 11.4. The fraction of sp³-hybridized carbons (Fsp3) is 0.281. The summed E-state index contributed by atoms with van der Waals surface area (Å²) in [6, 6.07) is 22.1. The fourth-order valence-electron chi connectivity index (χ4n) is 6.67. The van der Waals surface area contributed by atoms with Crippen molar-refractivity contribution in [2.75, 3.05) is 4.90 Å². The number of benzene rings is 3. The number of carbonyl (C=O) groups is 1. The molecule has 2 atom stereocenters. The Morgan fingerprint density at radius 1 is 1.08 bits per heavy atom. The predicted octanol–water partition coefficient (Wildman–Crippen LogP) is 8.05. The van der Waals surface area contributed by atoms with Crippen LogP contribution in [0.1, 0.15) is 68.2 Å². The van der Waals surface area contributed by atoms with Crippen LogP contribution in [0.5, 0.6) is 0 Å². The molecule has 1 radical (unpaired) electrons. The average Bonchev–Trinajstić information content (AvgIpc) is 3.53. The Kier molecular flexibility index (Phi) is 5.69. The van der Waals surface area contributed by atoms with Gasteiger partial charge in [0, 0.05) is 39.4 Å². The van der Waals surface area contributed by atoms with Gasteiger partial charge in [0.25, 0.3) is 0 Å². The molecule has 37 heavy (non-hydrogen) atoms. The standard InChI is InChI=1S/C32H29N2O2S/c1-4-37-22-10-12-24-23-11-9-21(16-27(23)32(2,3)28(24)17-22)34-29-7-5-6-25(29)26-15-19(8-13-30(26)34)14-20(18-33)31(35)36/h4,8-17,25,29H,5-7H2,1-3H3,(H,35,36)/b20-14+. The highest BCUT2D eigenvalue weighted by Crippen LogP contribution is 2.55. The summed E-state index contributed by atoms with van der Waals surface area (Å²) >= 11 is 1.77. The quantitative estimate of drug-likeness (QED) is 0.216. The van der Waals surface area contributed by atoms with E-state index in [1.165, 1.54) is 56.6 Å². The van der Waals surface area contributed by atoms with Crippen LogP contribution in [0.25, 0.3) is 17.2 Å². The largest absolute Gasteiger partial charge is 0.477 e. The van der Waals surface area contributed by atoms with Crippen molar-refractivity contribution in [1.29, 1.82) is 5.26 Å². The molecule has 2 unspecified atom stereocenters. The van der Waals surface area contributed by atoms with Crippen LogP contribution in [0.3, 0.4) is 0 Å². The smallest absolute Gasteiger partial charge is 0.346 e. The Bertz CT molecular complexity index is 1510. The number of rotatable bonds is 5. The van der Waals surface area contributed by atoms with Gasteiger partial charge in [-0.2, -0.15) is 5.26 Å². The van der Waals surface area contributed by atoms with Crippen LogP contribution in [0.2, 0.25) is 0 Å². The minimum absolute atomic E-state index is 0.0815. The third-order valence-electron chi connectivity index (χ3n) is 8.35. The van der Waals surface area contributed by atoms with Gasteiger partial charge in [0.05, 0.1) is 0 Å². The molecule has 0 amide bonds. The number of nitriles is 1. The summed E-state index contributed by atoms with van der Waals surface area (Å²) in [7, 11) is 0. The van der Waals surface area contributed by atoms with Crippen LogP contribution in [-0.4, -0.2) is 17.1 Å². The number of hydrogen-bond acceptors (Lipinski definition) is 4. The molecule has 1 aliphatic heterocycles. The van der Waals surface area contributed by atoms with Crippen molar-refractivity contribution >= 4 is 35.2 Å². The van der Waals surface area contributed by atoms with E-state index in [1.54, 1.807) is 17.8 Å². The van der Waals surface area contributed by atoms with Gasteiger partial charge in [-0.3, -0.25) is 0 Å². The van der Waals surface area contributed by atoms with Gasteiger partial charge in [-0.1, -0.05) is 45.4 Å². The van der Waals surface area contributed by atoms with E-state index in [-0.39, 0.29) is 11.0 Å². The highest BCUT2D eigenvalue weighted by Gasteiger charge is 2.43. The number of carboxylic acid groups (broad SMARTS) is 1. The number of fused-ring (bicyclic) bond motifs is 6. The lowest BCUT2D eigenvalue weighted by Crippen LogP contribution is -2.27. The van der Waals surface area contributed by atoms with Crippen LogP contribution >= 0.6 is 11.8 Å². The predicted molar refractivity (Wildman–Crippen MR) is 150 cm³/mol. The lowest BCUT2D eigenvalue weighted by molar-refractivity contribution is -0.132. The average molecular weight is 506 g/mol. The van der Waals surface area contributed by atoms with Gasteiger partial charge in [-0.05, 0) is 88.7 Å². The summed E-state index contributed by atoms with van der Waals surface area (Å²) in [5.41, 5.74) is 9.54. The second-order valence-corrected chi connectivity index (χ2v) is 11.9. The van der Waals surface area contributed by atoms with Crippen molar-refractivity contribution in [3.05, 3.63) is 88.2 Å². The molecule has 0 saturated heterocycles. The zero-order chi connectivity index (χ0) is 25.9. The highest BCUT2D eigenvalue weighted by molar-refractivity contribution is 8.01. The highest BCUT2D eigenvalue weighted by atomic mass is 32.2. The first kappa shape index (κ1) is 23.9. The molecule has 1 N–H and O–H groups in total. The van der Waals surface area contributed by atoms with Crippen molar-refractivity contribution in [2.24, 2.45) is 0 Å². The Morgan fingerprint density at radius 3 is 2.57 bits per heavy atom. The lowest BCUT2D eigenvalue weighted by atomic mass is 9.82. The second-order valence-electron chi connectivity index (χ2n) is 10.7. The molecule has 4 nitrogen and oxygen atoms in total. The molecule has 1 heterocycles. The topological polar surface area (TPSA) is 64.3 Å². The first-order chi connectivity index (χ1) is 17.8. The van der Waals surface area contributed by atoms with Crippen LogP contribution in [0.4, 0.5) is 11.4 Å². The Balaban J connectivity index is 1.42. The summed E-state index contributed by atoms with van der Waals surface area (Å²) in [5.74, 6) is 1.35. The molecule has 1 saturated carbocycles. The number of aliphatic carboxylic acids is 1. The maximum Gasteiger partial charge on any atom is 0.346 e. The van der Waals surface area contributed by atoms with Crippen LogP contribution in [0, 0.1) is 17.1 Å². The van der Waals surface area contributed by atoms with E-state index >= 15 is 0 Å². The van der Waals surface area contributed by atoms with Gasteiger partial charge in [0.15, 0.2) is 0 Å². The van der Waals surface area contributed by atoms with E-state index in [9.17, 15) is 15.2 Å². The van der Waals surface area contributed by atoms with Crippen molar-refractivity contribution < 1.29 is 9.90 Å². The van der Waals surface area contributed by atoms with Gasteiger partial charge >= 0.3 is 5.97 Å². The van der Waals surface area contributed by atoms with Crippen molar-refractivity contribution in [1.82, 2.24) is 0 Å². The van der Waals surface area contributed by atoms with Crippen molar-refractivity contribution in [2.45, 2.75) is 62.3 Å². The molecule has 1 fully saturated rings. The first-order valence-electron chi connectivity index (χ1n) is 12.9. The Morgan fingerprint density at radius 2 is 1.84 bits per heavy atom. The van der Waals surface area contributed by atoms with Crippen LogP contribution < -0.4 is 4.90 Å².